The Bertz CT molecular complexity index is 1290. The van der Waals surface area contributed by atoms with Crippen LogP contribution in [0.15, 0.2) is 33.2 Å². The molecule has 1 aliphatic heterocycles. The fourth-order valence-corrected chi connectivity index (χ4v) is 4.27. The molecule has 0 unspecified atom stereocenters. The molecule has 0 radical (unpaired) electrons. The molecule has 4 rings (SSSR count). The van der Waals surface area contributed by atoms with Crippen molar-refractivity contribution in [3.63, 3.8) is 0 Å². The van der Waals surface area contributed by atoms with Gasteiger partial charge in [-0.2, -0.15) is 0 Å². The number of hydrogen-bond acceptors (Lipinski definition) is 7. The summed E-state index contributed by atoms with van der Waals surface area (Å²) in [6, 6.07) is 6.68. The quantitative estimate of drug-likeness (QED) is 0.445. The van der Waals surface area contributed by atoms with Crippen molar-refractivity contribution in [3.8, 4) is 5.88 Å². The van der Waals surface area contributed by atoms with Crippen LogP contribution in [0.3, 0.4) is 0 Å². The van der Waals surface area contributed by atoms with E-state index in [0.29, 0.717) is 49.4 Å². The molecule has 1 fully saturated rings. The Balaban J connectivity index is 1.42. The monoisotopic (exact) mass is 561 g/mol. The van der Waals surface area contributed by atoms with Gasteiger partial charge in [-0.25, -0.2) is 4.79 Å². The number of hydrogen-bond donors (Lipinski definition) is 2. The summed E-state index contributed by atoms with van der Waals surface area (Å²) in [7, 11) is 1.62. The SMILES string of the molecule is CC(C)COC(=O)N1CCC(Oc2cc(C(=O)Nc3c(C(N)=O)oc4ccc(Br)cc34)n(C)n2)CC1. The molecule has 3 heterocycles. The van der Waals surface area contributed by atoms with Crippen LogP contribution in [0.2, 0.25) is 0 Å². The minimum Gasteiger partial charge on any atom is -0.473 e. The number of fused-ring (bicyclic) bond motifs is 1. The van der Waals surface area contributed by atoms with E-state index >= 15 is 0 Å². The summed E-state index contributed by atoms with van der Waals surface area (Å²) in [6.45, 7) is 5.39. The van der Waals surface area contributed by atoms with Crippen LogP contribution in [0, 0.1) is 5.92 Å². The van der Waals surface area contributed by atoms with E-state index in [2.05, 4.69) is 26.3 Å². The van der Waals surface area contributed by atoms with Gasteiger partial charge in [-0.3, -0.25) is 14.3 Å². The summed E-state index contributed by atoms with van der Waals surface area (Å²) in [5.74, 6) is -0.882. The van der Waals surface area contributed by atoms with Crippen LogP contribution in [0.25, 0.3) is 11.0 Å². The Morgan fingerprint density at radius 2 is 1.97 bits per heavy atom. The summed E-state index contributed by atoms with van der Waals surface area (Å²) in [4.78, 5) is 38.8. The number of furan rings is 1. The Morgan fingerprint density at radius 3 is 2.64 bits per heavy atom. The van der Waals surface area contributed by atoms with Crippen LogP contribution in [-0.4, -0.2) is 58.4 Å². The second-order valence-corrected chi connectivity index (χ2v) is 9.95. The Morgan fingerprint density at radius 1 is 1.25 bits per heavy atom. The first-order chi connectivity index (χ1) is 17.1. The third-order valence-electron chi connectivity index (χ3n) is 5.73. The van der Waals surface area contributed by atoms with Gasteiger partial charge in [-0.05, 0) is 24.1 Å². The maximum atomic E-state index is 13.1. The number of nitrogens with zero attached hydrogens (tertiary/aromatic N) is 3. The van der Waals surface area contributed by atoms with Crippen molar-refractivity contribution in [2.24, 2.45) is 18.7 Å². The number of primary amides is 1. The van der Waals surface area contributed by atoms with Gasteiger partial charge in [0.15, 0.2) is 0 Å². The topological polar surface area (TPSA) is 142 Å². The molecule has 3 aromatic rings. The highest BCUT2D eigenvalue weighted by atomic mass is 79.9. The molecule has 0 aliphatic carbocycles. The number of halogens is 1. The van der Waals surface area contributed by atoms with E-state index < -0.39 is 11.8 Å². The fourth-order valence-electron chi connectivity index (χ4n) is 3.91. The molecule has 0 atom stereocenters. The summed E-state index contributed by atoms with van der Waals surface area (Å²) in [5, 5.41) is 7.55. The highest BCUT2D eigenvalue weighted by Gasteiger charge is 2.27. The van der Waals surface area contributed by atoms with Gasteiger partial charge in [0.25, 0.3) is 11.8 Å². The number of ether oxygens (including phenoxy) is 2. The molecule has 1 aliphatic rings. The second kappa shape index (κ2) is 10.6. The molecule has 1 aromatic carbocycles. The van der Waals surface area contributed by atoms with Crippen molar-refractivity contribution in [2.45, 2.75) is 32.8 Å². The second-order valence-electron chi connectivity index (χ2n) is 9.03. The molecular formula is C24H28BrN5O6. The highest BCUT2D eigenvalue weighted by molar-refractivity contribution is 9.10. The molecule has 0 saturated carbocycles. The maximum Gasteiger partial charge on any atom is 0.409 e. The number of piperidine rings is 1. The lowest BCUT2D eigenvalue weighted by molar-refractivity contribution is 0.0604. The van der Waals surface area contributed by atoms with Gasteiger partial charge in [-0.15, -0.1) is 5.10 Å². The number of aryl methyl sites for hydroxylation is 1. The molecule has 3 amide bonds. The Labute approximate surface area is 216 Å². The molecule has 3 N–H and O–H groups in total. The van der Waals surface area contributed by atoms with Gasteiger partial charge in [0.1, 0.15) is 23.1 Å². The number of anilines is 1. The highest BCUT2D eigenvalue weighted by Crippen LogP contribution is 2.33. The van der Waals surface area contributed by atoms with Gasteiger partial charge < -0.3 is 29.8 Å². The number of aromatic nitrogens is 2. The standard InChI is InChI=1S/C24H28BrN5O6/c1-13(2)12-34-24(33)30-8-6-15(7-9-30)35-19-11-17(29(3)28-19)23(32)27-20-16-10-14(25)4-5-18(16)36-21(20)22(26)31/h4-5,10-11,13,15H,6-9,12H2,1-3H3,(H2,26,31)(H,27,32). The lowest BCUT2D eigenvalue weighted by atomic mass is 10.1. The van der Waals surface area contributed by atoms with Gasteiger partial charge >= 0.3 is 6.09 Å². The van der Waals surface area contributed by atoms with E-state index in [1.54, 1.807) is 30.1 Å². The predicted molar refractivity (Wildman–Crippen MR) is 135 cm³/mol. The number of benzene rings is 1. The van der Waals surface area contributed by atoms with Gasteiger partial charge in [0.05, 0.1) is 6.61 Å². The van der Waals surface area contributed by atoms with E-state index in [-0.39, 0.29) is 35.3 Å². The third kappa shape index (κ3) is 5.64. The van der Waals surface area contributed by atoms with Gasteiger partial charge in [-0.1, -0.05) is 29.8 Å². The first-order valence-corrected chi connectivity index (χ1v) is 12.4. The number of nitrogens with one attached hydrogen (secondary N) is 1. The van der Waals surface area contributed by atoms with E-state index in [9.17, 15) is 14.4 Å². The first-order valence-electron chi connectivity index (χ1n) is 11.6. The normalized spacial score (nSPS) is 14.3. The Kier molecular flexibility index (Phi) is 7.53. The van der Waals surface area contributed by atoms with Crippen molar-refractivity contribution < 1.29 is 28.3 Å². The van der Waals surface area contributed by atoms with E-state index in [0.717, 1.165) is 4.47 Å². The van der Waals surface area contributed by atoms with E-state index in [4.69, 9.17) is 19.6 Å². The smallest absolute Gasteiger partial charge is 0.409 e. The lowest BCUT2D eigenvalue weighted by Crippen LogP contribution is -2.42. The number of carbonyl (C=O) groups is 3. The molecule has 0 spiro atoms. The van der Waals surface area contributed by atoms with Crippen molar-refractivity contribution >= 4 is 50.5 Å². The zero-order chi connectivity index (χ0) is 26.0. The zero-order valence-corrected chi connectivity index (χ0v) is 21.8. The third-order valence-corrected chi connectivity index (χ3v) is 6.22. The van der Waals surface area contributed by atoms with Crippen LogP contribution >= 0.6 is 15.9 Å². The van der Waals surface area contributed by atoms with Gasteiger partial charge in [0.2, 0.25) is 11.6 Å². The average Bonchev–Trinajstić information content (AvgIpc) is 3.37. The van der Waals surface area contributed by atoms with E-state index in [1.165, 1.54) is 10.7 Å². The molecular weight excluding hydrogens is 534 g/mol. The largest absolute Gasteiger partial charge is 0.473 e. The summed E-state index contributed by atoms with van der Waals surface area (Å²) in [5.41, 5.74) is 6.28. The van der Waals surface area contributed by atoms with Crippen LogP contribution < -0.4 is 15.8 Å². The number of rotatable bonds is 7. The summed E-state index contributed by atoms with van der Waals surface area (Å²) < 4.78 is 19.0. The molecule has 2 aromatic heterocycles. The number of carbonyl (C=O) groups excluding carboxylic acids is 3. The van der Waals surface area contributed by atoms with Crippen LogP contribution in [0.1, 0.15) is 47.7 Å². The number of nitrogens with two attached hydrogens (primary N) is 1. The van der Waals surface area contributed by atoms with Crippen LogP contribution in [-0.2, 0) is 11.8 Å². The average molecular weight is 562 g/mol. The minimum atomic E-state index is -0.800. The molecule has 1 saturated heterocycles. The maximum absolute atomic E-state index is 13.1. The number of likely N-dealkylation sites (tertiary alicyclic amines) is 1. The molecule has 11 nitrogen and oxygen atoms in total. The predicted octanol–water partition coefficient (Wildman–Crippen LogP) is 3.92. The van der Waals surface area contributed by atoms with Crippen LogP contribution in [0.4, 0.5) is 10.5 Å². The molecule has 36 heavy (non-hydrogen) atoms. The molecule has 0 bridgehead atoms. The fraction of sp³-hybridized carbons (Fsp3) is 0.417. The van der Waals surface area contributed by atoms with Crippen molar-refractivity contribution in [1.82, 2.24) is 14.7 Å². The Hall–Kier alpha value is -3.54. The lowest BCUT2D eigenvalue weighted by Gasteiger charge is -2.31. The number of amides is 3. The van der Waals surface area contributed by atoms with Crippen molar-refractivity contribution in [2.75, 3.05) is 25.0 Å². The summed E-state index contributed by atoms with van der Waals surface area (Å²) >= 11 is 3.38. The van der Waals surface area contributed by atoms with E-state index in [1.807, 2.05) is 13.8 Å². The van der Waals surface area contributed by atoms with Crippen LogP contribution in [0.5, 0.6) is 5.88 Å². The zero-order valence-electron chi connectivity index (χ0n) is 20.2. The van der Waals surface area contributed by atoms with Crippen molar-refractivity contribution in [3.05, 3.63) is 40.2 Å². The molecule has 192 valence electrons. The minimum absolute atomic E-state index is 0.145. The first kappa shape index (κ1) is 25.5. The van der Waals surface area contributed by atoms with Crippen molar-refractivity contribution in [1.29, 1.82) is 0 Å². The van der Waals surface area contributed by atoms with Gasteiger partial charge in [0, 0.05) is 48.9 Å². The summed E-state index contributed by atoms with van der Waals surface area (Å²) in [6.07, 6.45) is 0.772. The molecule has 12 heteroatoms.